The van der Waals surface area contributed by atoms with Crippen LogP contribution in [0.4, 0.5) is 0 Å². The van der Waals surface area contributed by atoms with Crippen molar-refractivity contribution in [3.05, 3.63) is 12.2 Å². The number of unbranched alkanes of at least 4 members (excludes halogenated alkanes) is 5. The normalized spacial score (nSPS) is 15.0. The molecule has 7 nitrogen and oxygen atoms in total. The van der Waals surface area contributed by atoms with Gasteiger partial charge in [-0.05, 0) is 13.3 Å². The molecule has 0 aliphatic heterocycles. The minimum Gasteiger partial charge on any atom is -0.460 e. The second-order valence-corrected chi connectivity index (χ2v) is 6.85. The van der Waals surface area contributed by atoms with Gasteiger partial charge in [-0.15, -0.1) is 0 Å². The first kappa shape index (κ1) is 22.3. The van der Waals surface area contributed by atoms with Gasteiger partial charge in [0.25, 0.3) is 0 Å². The Hall–Kier alpha value is -0.720. The average molecular weight is 352 g/mol. The van der Waals surface area contributed by atoms with Gasteiger partial charge < -0.3 is 14.7 Å². The largest absolute Gasteiger partial charge is 0.472 e. The van der Waals surface area contributed by atoms with Crippen LogP contribution in [-0.2, 0) is 23.1 Å². The maximum Gasteiger partial charge on any atom is 0.472 e. The molecule has 0 aliphatic rings. The summed E-state index contributed by atoms with van der Waals surface area (Å²) < 4.78 is 25.7. The van der Waals surface area contributed by atoms with Crippen LogP contribution in [0.2, 0.25) is 0 Å². The van der Waals surface area contributed by atoms with Crippen molar-refractivity contribution in [1.82, 2.24) is 0 Å². The molecule has 0 amide bonds. The Morgan fingerprint density at radius 3 is 2.35 bits per heavy atom. The summed E-state index contributed by atoms with van der Waals surface area (Å²) in [4.78, 5) is 20.6. The van der Waals surface area contributed by atoms with Crippen LogP contribution in [0.15, 0.2) is 12.2 Å². The van der Waals surface area contributed by atoms with Crippen molar-refractivity contribution in [2.24, 2.45) is 0 Å². The lowest BCUT2D eigenvalue weighted by atomic mass is 10.1. The second kappa shape index (κ2) is 12.7. The van der Waals surface area contributed by atoms with E-state index < -0.39 is 26.5 Å². The summed E-state index contributed by atoms with van der Waals surface area (Å²) in [5, 5.41) is 9.52. The second-order valence-electron chi connectivity index (χ2n) is 5.40. The maximum absolute atomic E-state index is 11.6. The number of ether oxygens (including phenoxy) is 1. The van der Waals surface area contributed by atoms with Gasteiger partial charge in [0, 0.05) is 5.57 Å². The van der Waals surface area contributed by atoms with E-state index in [-0.39, 0.29) is 18.8 Å². The number of hydrogen-bond donors (Lipinski definition) is 2. The Morgan fingerprint density at radius 2 is 1.74 bits per heavy atom. The van der Waals surface area contributed by atoms with Crippen molar-refractivity contribution in [3.63, 3.8) is 0 Å². The zero-order valence-electron chi connectivity index (χ0n) is 14.0. The predicted octanol–water partition coefficient (Wildman–Crippen LogP) is 2.96. The highest BCUT2D eigenvalue weighted by Crippen LogP contribution is 2.43. The highest BCUT2D eigenvalue weighted by atomic mass is 31.2. The Morgan fingerprint density at radius 1 is 1.13 bits per heavy atom. The van der Waals surface area contributed by atoms with Crippen molar-refractivity contribution in [1.29, 1.82) is 0 Å². The molecule has 0 heterocycles. The third kappa shape index (κ3) is 13.4. The minimum atomic E-state index is -4.19. The van der Waals surface area contributed by atoms with Crippen LogP contribution in [0.3, 0.4) is 0 Å². The Labute approximate surface area is 138 Å². The van der Waals surface area contributed by atoms with Crippen molar-refractivity contribution >= 4 is 13.8 Å². The lowest BCUT2D eigenvalue weighted by Gasteiger charge is -2.15. The minimum absolute atomic E-state index is 0.126. The van der Waals surface area contributed by atoms with E-state index in [1.54, 1.807) is 0 Å². The van der Waals surface area contributed by atoms with Crippen LogP contribution in [-0.4, -0.2) is 41.9 Å². The monoisotopic (exact) mass is 352 g/mol. The summed E-state index contributed by atoms with van der Waals surface area (Å²) in [6.45, 7) is 6.32. The van der Waals surface area contributed by atoms with E-state index in [0.29, 0.717) is 6.42 Å². The lowest BCUT2D eigenvalue weighted by Crippen LogP contribution is -2.23. The molecule has 0 aromatic carbocycles. The molecular formula is C15H29O7P. The summed E-state index contributed by atoms with van der Waals surface area (Å²) in [5.41, 5.74) is 0.202. The third-order valence-corrected chi connectivity index (χ3v) is 3.92. The van der Waals surface area contributed by atoms with E-state index in [1.807, 2.05) is 0 Å². The molecule has 2 N–H and O–H groups in total. The van der Waals surface area contributed by atoms with Gasteiger partial charge in [0.15, 0.2) is 0 Å². The van der Waals surface area contributed by atoms with Gasteiger partial charge >= 0.3 is 13.8 Å². The van der Waals surface area contributed by atoms with Gasteiger partial charge in [-0.25, -0.2) is 9.36 Å². The number of phosphoric acid groups is 1. The molecule has 0 aliphatic carbocycles. The molecule has 0 rings (SSSR count). The first-order valence-corrected chi connectivity index (χ1v) is 9.40. The smallest absolute Gasteiger partial charge is 0.460 e. The highest BCUT2D eigenvalue weighted by Gasteiger charge is 2.23. The van der Waals surface area contributed by atoms with Crippen molar-refractivity contribution in [2.45, 2.75) is 58.5 Å². The summed E-state index contributed by atoms with van der Waals surface area (Å²) in [5.74, 6) is -0.643. The number of phosphoric ester groups is 1. The summed E-state index contributed by atoms with van der Waals surface area (Å²) in [6.07, 6.45) is 4.97. The molecule has 8 heteroatoms. The van der Waals surface area contributed by atoms with Gasteiger partial charge in [-0.2, -0.15) is 0 Å². The maximum atomic E-state index is 11.6. The molecule has 0 spiro atoms. The average Bonchev–Trinajstić information content (AvgIpc) is 2.49. The SMILES string of the molecule is C=C(C)C(=O)OCC(O)COP(=O)(O)OCCCCCCCC. The molecule has 2 atom stereocenters. The fraction of sp³-hybridized carbons (Fsp3) is 0.800. The van der Waals surface area contributed by atoms with Crippen molar-refractivity contribution in [3.8, 4) is 0 Å². The standard InChI is InChI=1S/C15H29O7P/c1-4-5-6-7-8-9-10-21-23(18,19)22-12-14(16)11-20-15(17)13(2)3/h14,16H,2,4-12H2,1,3H3,(H,18,19). The van der Waals surface area contributed by atoms with E-state index >= 15 is 0 Å². The summed E-state index contributed by atoms with van der Waals surface area (Å²) in [6, 6.07) is 0. The zero-order chi connectivity index (χ0) is 17.7. The number of hydrogen-bond acceptors (Lipinski definition) is 6. The van der Waals surface area contributed by atoms with E-state index in [2.05, 4.69) is 18.0 Å². The quantitative estimate of drug-likeness (QED) is 0.214. The molecule has 0 fully saturated rings. The van der Waals surface area contributed by atoms with Crippen LogP contribution in [0.25, 0.3) is 0 Å². The van der Waals surface area contributed by atoms with E-state index in [0.717, 1.165) is 19.3 Å². The summed E-state index contributed by atoms with van der Waals surface area (Å²) in [7, 11) is -4.19. The Kier molecular flexibility index (Phi) is 12.3. The number of esters is 1. The molecule has 0 radical (unpaired) electrons. The topological polar surface area (TPSA) is 102 Å². The third-order valence-electron chi connectivity index (χ3n) is 2.94. The van der Waals surface area contributed by atoms with E-state index in [4.69, 9.17) is 9.26 Å². The number of carbonyl (C=O) groups is 1. The predicted molar refractivity (Wildman–Crippen MR) is 86.9 cm³/mol. The number of rotatable bonds is 14. The Bertz CT molecular complexity index is 397. The molecule has 2 unspecified atom stereocenters. The van der Waals surface area contributed by atoms with Gasteiger partial charge in [-0.3, -0.25) is 9.05 Å². The van der Waals surface area contributed by atoms with Crippen molar-refractivity contribution < 1.29 is 33.1 Å². The molecule has 136 valence electrons. The molecule has 0 bridgehead atoms. The van der Waals surface area contributed by atoms with Crippen LogP contribution < -0.4 is 0 Å². The molecule has 0 aromatic rings. The molecular weight excluding hydrogens is 323 g/mol. The molecule has 0 saturated heterocycles. The van der Waals surface area contributed by atoms with Crippen molar-refractivity contribution in [2.75, 3.05) is 19.8 Å². The van der Waals surface area contributed by atoms with Crippen LogP contribution in [0, 0.1) is 0 Å². The number of aliphatic hydroxyl groups is 1. The number of aliphatic hydroxyl groups excluding tert-OH is 1. The molecule has 0 saturated carbocycles. The fourth-order valence-corrected chi connectivity index (χ4v) is 2.42. The van der Waals surface area contributed by atoms with Crippen LogP contribution in [0.5, 0.6) is 0 Å². The van der Waals surface area contributed by atoms with Crippen LogP contribution >= 0.6 is 7.82 Å². The van der Waals surface area contributed by atoms with E-state index in [1.165, 1.54) is 19.8 Å². The lowest BCUT2D eigenvalue weighted by molar-refractivity contribution is -0.142. The fourth-order valence-electron chi connectivity index (χ4n) is 1.62. The summed E-state index contributed by atoms with van der Waals surface area (Å²) >= 11 is 0. The molecule has 23 heavy (non-hydrogen) atoms. The number of carbonyl (C=O) groups excluding carboxylic acids is 1. The van der Waals surface area contributed by atoms with Gasteiger partial charge in [0.2, 0.25) is 0 Å². The first-order valence-electron chi connectivity index (χ1n) is 7.91. The van der Waals surface area contributed by atoms with Gasteiger partial charge in [0.05, 0.1) is 13.2 Å². The highest BCUT2D eigenvalue weighted by molar-refractivity contribution is 7.47. The van der Waals surface area contributed by atoms with Gasteiger partial charge in [0.1, 0.15) is 12.7 Å². The first-order chi connectivity index (χ1) is 10.8. The zero-order valence-corrected chi connectivity index (χ0v) is 14.9. The molecule has 0 aromatic heterocycles. The van der Waals surface area contributed by atoms with Crippen LogP contribution in [0.1, 0.15) is 52.4 Å². The Balaban J connectivity index is 3.75. The van der Waals surface area contributed by atoms with E-state index in [9.17, 15) is 19.4 Å². The van der Waals surface area contributed by atoms with Gasteiger partial charge in [-0.1, -0.05) is 45.6 Å².